The highest BCUT2D eigenvalue weighted by molar-refractivity contribution is 5.93. The van der Waals surface area contributed by atoms with Crippen molar-refractivity contribution in [3.8, 4) is 0 Å². The molecule has 0 saturated carbocycles. The molecular weight excluding hydrogens is 214 g/mol. The minimum Gasteiger partial charge on any atom is -0.478 e. The van der Waals surface area contributed by atoms with E-state index < -0.39 is 5.97 Å². The summed E-state index contributed by atoms with van der Waals surface area (Å²) in [6.45, 7) is 7.25. The van der Waals surface area contributed by atoms with Gasteiger partial charge in [0, 0.05) is 17.8 Å². The summed E-state index contributed by atoms with van der Waals surface area (Å²) in [5.74, 6) is -0.433. The standard InChI is InChI=1S/C14H17NO2/c1-4-15-12(9(2)3)7-10-5-6-11(14(16)17)8-13(10)15/h5-9H,4H2,1-3H3,(H,16,17). The molecule has 0 unspecified atom stereocenters. The fourth-order valence-electron chi connectivity index (χ4n) is 2.24. The Bertz CT molecular complexity index is 567. The van der Waals surface area contributed by atoms with Crippen molar-refractivity contribution in [3.63, 3.8) is 0 Å². The first-order valence-electron chi connectivity index (χ1n) is 5.91. The van der Waals surface area contributed by atoms with Gasteiger partial charge in [0.25, 0.3) is 0 Å². The maximum absolute atomic E-state index is 11.0. The van der Waals surface area contributed by atoms with E-state index in [1.165, 1.54) is 5.69 Å². The monoisotopic (exact) mass is 231 g/mol. The molecule has 1 heterocycles. The number of aromatic carboxylic acids is 1. The number of rotatable bonds is 3. The molecule has 0 aliphatic heterocycles. The lowest BCUT2D eigenvalue weighted by Crippen LogP contribution is -2.02. The van der Waals surface area contributed by atoms with Crippen LogP contribution < -0.4 is 0 Å². The molecular formula is C14H17NO2. The Labute approximate surface area is 101 Å². The second-order valence-corrected chi connectivity index (χ2v) is 4.55. The second-order valence-electron chi connectivity index (χ2n) is 4.55. The summed E-state index contributed by atoms with van der Waals surface area (Å²) in [4.78, 5) is 11.0. The van der Waals surface area contributed by atoms with Crippen molar-refractivity contribution in [2.45, 2.75) is 33.2 Å². The van der Waals surface area contributed by atoms with Gasteiger partial charge in [-0.1, -0.05) is 19.9 Å². The molecule has 0 bridgehead atoms. The van der Waals surface area contributed by atoms with E-state index in [2.05, 4.69) is 31.4 Å². The van der Waals surface area contributed by atoms with Gasteiger partial charge in [-0.15, -0.1) is 0 Å². The Balaban J connectivity index is 2.71. The third kappa shape index (κ3) is 1.93. The van der Waals surface area contributed by atoms with Gasteiger partial charge in [0.1, 0.15) is 0 Å². The Morgan fingerprint density at radius 2 is 2.06 bits per heavy atom. The highest BCUT2D eigenvalue weighted by Gasteiger charge is 2.12. The second kappa shape index (κ2) is 4.24. The number of aromatic nitrogens is 1. The van der Waals surface area contributed by atoms with Crippen LogP contribution in [0, 0.1) is 0 Å². The van der Waals surface area contributed by atoms with Crippen molar-refractivity contribution < 1.29 is 9.90 Å². The van der Waals surface area contributed by atoms with E-state index in [1.54, 1.807) is 12.1 Å². The lowest BCUT2D eigenvalue weighted by molar-refractivity contribution is 0.0697. The van der Waals surface area contributed by atoms with Crippen LogP contribution >= 0.6 is 0 Å². The highest BCUT2D eigenvalue weighted by atomic mass is 16.4. The molecule has 1 aromatic heterocycles. The number of nitrogens with zero attached hydrogens (tertiary/aromatic N) is 1. The Hall–Kier alpha value is -1.77. The van der Waals surface area contributed by atoms with E-state index in [-0.39, 0.29) is 0 Å². The zero-order chi connectivity index (χ0) is 12.6. The SMILES string of the molecule is CCn1c(C(C)C)cc2ccc(C(=O)O)cc21. The third-order valence-corrected chi connectivity index (χ3v) is 3.09. The molecule has 90 valence electrons. The van der Waals surface area contributed by atoms with Gasteiger partial charge >= 0.3 is 5.97 Å². The molecule has 0 saturated heterocycles. The van der Waals surface area contributed by atoms with Crippen LogP contribution in [-0.4, -0.2) is 15.6 Å². The summed E-state index contributed by atoms with van der Waals surface area (Å²) in [7, 11) is 0. The van der Waals surface area contributed by atoms with Crippen molar-refractivity contribution in [2.24, 2.45) is 0 Å². The summed E-state index contributed by atoms with van der Waals surface area (Å²) in [5.41, 5.74) is 2.61. The molecule has 1 aromatic carbocycles. The van der Waals surface area contributed by atoms with Crippen LogP contribution in [0.25, 0.3) is 10.9 Å². The molecule has 3 nitrogen and oxygen atoms in total. The van der Waals surface area contributed by atoms with E-state index in [9.17, 15) is 4.79 Å². The maximum atomic E-state index is 11.0. The molecule has 0 aliphatic rings. The number of fused-ring (bicyclic) bond motifs is 1. The number of aryl methyl sites for hydroxylation is 1. The van der Waals surface area contributed by atoms with Crippen LogP contribution in [0.2, 0.25) is 0 Å². The summed E-state index contributed by atoms with van der Waals surface area (Å²) < 4.78 is 2.19. The summed E-state index contributed by atoms with van der Waals surface area (Å²) in [6.07, 6.45) is 0. The predicted molar refractivity (Wildman–Crippen MR) is 68.7 cm³/mol. The number of carboxylic acids is 1. The van der Waals surface area contributed by atoms with E-state index in [0.29, 0.717) is 11.5 Å². The van der Waals surface area contributed by atoms with Crippen LogP contribution in [0.4, 0.5) is 0 Å². The van der Waals surface area contributed by atoms with Crippen molar-refractivity contribution in [1.82, 2.24) is 4.57 Å². The molecule has 0 spiro atoms. The van der Waals surface area contributed by atoms with Crippen molar-refractivity contribution in [3.05, 3.63) is 35.5 Å². The van der Waals surface area contributed by atoms with E-state index in [0.717, 1.165) is 17.4 Å². The molecule has 0 fully saturated rings. The summed E-state index contributed by atoms with van der Waals surface area (Å²) >= 11 is 0. The largest absolute Gasteiger partial charge is 0.478 e. The Morgan fingerprint density at radius 3 is 2.59 bits per heavy atom. The first-order valence-corrected chi connectivity index (χ1v) is 5.91. The van der Waals surface area contributed by atoms with Crippen LogP contribution in [0.15, 0.2) is 24.3 Å². The van der Waals surface area contributed by atoms with E-state index in [4.69, 9.17) is 5.11 Å². The maximum Gasteiger partial charge on any atom is 0.335 e. The van der Waals surface area contributed by atoms with Crippen LogP contribution in [0.5, 0.6) is 0 Å². The van der Waals surface area contributed by atoms with Gasteiger partial charge < -0.3 is 9.67 Å². The van der Waals surface area contributed by atoms with Crippen molar-refractivity contribution >= 4 is 16.9 Å². The summed E-state index contributed by atoms with van der Waals surface area (Å²) in [5, 5.41) is 10.1. The normalized spacial score (nSPS) is 11.3. The zero-order valence-electron chi connectivity index (χ0n) is 10.4. The minimum absolute atomic E-state index is 0.348. The molecule has 17 heavy (non-hydrogen) atoms. The number of carbonyl (C=O) groups is 1. The van der Waals surface area contributed by atoms with Crippen LogP contribution in [-0.2, 0) is 6.54 Å². The zero-order valence-corrected chi connectivity index (χ0v) is 10.4. The average molecular weight is 231 g/mol. The molecule has 1 N–H and O–H groups in total. The number of hydrogen-bond acceptors (Lipinski definition) is 1. The third-order valence-electron chi connectivity index (χ3n) is 3.09. The highest BCUT2D eigenvalue weighted by Crippen LogP contribution is 2.26. The molecule has 2 rings (SSSR count). The van der Waals surface area contributed by atoms with Gasteiger partial charge in [-0.3, -0.25) is 0 Å². The van der Waals surface area contributed by atoms with E-state index in [1.807, 2.05) is 6.07 Å². The Kier molecular flexibility index (Phi) is 2.92. The van der Waals surface area contributed by atoms with Gasteiger partial charge in [0.15, 0.2) is 0 Å². The minimum atomic E-state index is -0.873. The predicted octanol–water partition coefficient (Wildman–Crippen LogP) is 3.48. The lowest BCUT2D eigenvalue weighted by atomic mass is 10.1. The molecule has 0 aliphatic carbocycles. The first-order chi connectivity index (χ1) is 8.04. The van der Waals surface area contributed by atoms with Gasteiger partial charge in [-0.25, -0.2) is 4.79 Å². The topological polar surface area (TPSA) is 42.2 Å². The molecule has 0 amide bonds. The number of carboxylic acid groups (broad SMARTS) is 1. The summed E-state index contributed by atoms with van der Waals surface area (Å²) in [6, 6.07) is 7.45. The number of hydrogen-bond donors (Lipinski definition) is 1. The lowest BCUT2D eigenvalue weighted by Gasteiger charge is -2.10. The fourth-order valence-corrected chi connectivity index (χ4v) is 2.24. The smallest absolute Gasteiger partial charge is 0.335 e. The van der Waals surface area contributed by atoms with Crippen LogP contribution in [0.3, 0.4) is 0 Å². The quantitative estimate of drug-likeness (QED) is 0.878. The first kappa shape index (κ1) is 11.7. The van der Waals surface area contributed by atoms with Gasteiger partial charge in [0.05, 0.1) is 5.56 Å². The molecule has 3 heteroatoms. The van der Waals surface area contributed by atoms with Crippen molar-refractivity contribution in [1.29, 1.82) is 0 Å². The van der Waals surface area contributed by atoms with Crippen molar-refractivity contribution in [2.75, 3.05) is 0 Å². The van der Waals surface area contributed by atoms with Crippen LogP contribution in [0.1, 0.15) is 42.7 Å². The van der Waals surface area contributed by atoms with Gasteiger partial charge in [0.2, 0.25) is 0 Å². The Morgan fingerprint density at radius 1 is 1.35 bits per heavy atom. The number of benzene rings is 1. The van der Waals surface area contributed by atoms with Gasteiger partial charge in [-0.2, -0.15) is 0 Å². The molecule has 0 radical (unpaired) electrons. The molecule has 2 aromatic rings. The molecule has 0 atom stereocenters. The fraction of sp³-hybridized carbons (Fsp3) is 0.357. The van der Waals surface area contributed by atoms with E-state index >= 15 is 0 Å². The average Bonchev–Trinajstić information content (AvgIpc) is 2.66. The van der Waals surface area contributed by atoms with Gasteiger partial charge in [-0.05, 0) is 36.4 Å².